The monoisotopic (exact) mass is 304 g/mol. The fourth-order valence-electron chi connectivity index (χ4n) is 2.42. The second-order valence-corrected chi connectivity index (χ2v) is 6.54. The molecular weight excluding hydrogens is 284 g/mol. The van der Waals surface area contributed by atoms with E-state index >= 15 is 0 Å². The van der Waals surface area contributed by atoms with Gasteiger partial charge in [-0.25, -0.2) is 8.42 Å². The van der Waals surface area contributed by atoms with E-state index in [0.29, 0.717) is 18.0 Å². The molecule has 108 valence electrons. The first-order valence-electron chi connectivity index (χ1n) is 6.40. The molecule has 2 rings (SSSR count). The zero-order valence-electron chi connectivity index (χ0n) is 11.1. The minimum Gasteiger partial charge on any atom is -0.329 e. The van der Waals surface area contributed by atoms with Crippen LogP contribution in [0, 0.1) is 0 Å². The van der Waals surface area contributed by atoms with E-state index in [0.717, 1.165) is 24.8 Å². The fourth-order valence-corrected chi connectivity index (χ4v) is 4.20. The van der Waals surface area contributed by atoms with Crippen LogP contribution in [0.2, 0.25) is 0 Å². The van der Waals surface area contributed by atoms with Crippen molar-refractivity contribution in [1.82, 2.24) is 4.31 Å². The van der Waals surface area contributed by atoms with Crippen molar-refractivity contribution in [2.45, 2.75) is 37.1 Å². The summed E-state index contributed by atoms with van der Waals surface area (Å²) in [6.07, 6.45) is 2.60. The summed E-state index contributed by atoms with van der Waals surface area (Å²) in [4.78, 5) is 0.391. The zero-order valence-corrected chi connectivity index (χ0v) is 12.7. The van der Waals surface area contributed by atoms with Gasteiger partial charge < -0.3 is 5.73 Å². The molecule has 1 aromatic rings. The number of benzene rings is 1. The lowest BCUT2D eigenvalue weighted by molar-refractivity contribution is 0.393. The Morgan fingerprint density at radius 2 is 2.16 bits per heavy atom. The summed E-state index contributed by atoms with van der Waals surface area (Å²) in [7, 11) is -3.38. The van der Waals surface area contributed by atoms with Crippen LogP contribution in [-0.2, 0) is 16.4 Å². The van der Waals surface area contributed by atoms with Gasteiger partial charge in [0.25, 0.3) is 0 Å². The van der Waals surface area contributed by atoms with Crippen molar-refractivity contribution in [1.29, 1.82) is 0 Å². The second kappa shape index (κ2) is 6.70. The van der Waals surface area contributed by atoms with Crippen LogP contribution in [-0.4, -0.2) is 31.9 Å². The van der Waals surface area contributed by atoms with Gasteiger partial charge in [0.2, 0.25) is 10.0 Å². The smallest absolute Gasteiger partial charge is 0.243 e. The molecule has 2 N–H and O–H groups in total. The third kappa shape index (κ3) is 3.28. The van der Waals surface area contributed by atoms with E-state index in [2.05, 4.69) is 0 Å². The number of hydrogen-bond donors (Lipinski definition) is 1. The predicted molar refractivity (Wildman–Crippen MR) is 79.0 cm³/mol. The third-order valence-corrected chi connectivity index (χ3v) is 5.46. The van der Waals surface area contributed by atoms with Gasteiger partial charge in [0.15, 0.2) is 0 Å². The van der Waals surface area contributed by atoms with Gasteiger partial charge in [-0.1, -0.05) is 19.1 Å². The van der Waals surface area contributed by atoms with Crippen LogP contribution in [0.25, 0.3) is 0 Å². The lowest BCUT2D eigenvalue weighted by Crippen LogP contribution is -2.39. The van der Waals surface area contributed by atoms with Gasteiger partial charge >= 0.3 is 0 Å². The molecule has 1 unspecified atom stereocenters. The Morgan fingerprint density at radius 3 is 2.79 bits per heavy atom. The Balaban J connectivity index is 0.00000180. The summed E-state index contributed by atoms with van der Waals surface area (Å²) in [5.74, 6) is 0. The average molecular weight is 305 g/mol. The summed E-state index contributed by atoms with van der Waals surface area (Å²) >= 11 is 0. The first-order valence-corrected chi connectivity index (χ1v) is 7.84. The van der Waals surface area contributed by atoms with E-state index in [1.165, 1.54) is 0 Å². The topological polar surface area (TPSA) is 63.4 Å². The maximum atomic E-state index is 12.5. The van der Waals surface area contributed by atoms with Crippen molar-refractivity contribution >= 4 is 22.4 Å². The van der Waals surface area contributed by atoms with Gasteiger partial charge in [-0.15, -0.1) is 12.4 Å². The van der Waals surface area contributed by atoms with Crippen molar-refractivity contribution < 1.29 is 8.42 Å². The van der Waals surface area contributed by atoms with Gasteiger partial charge in [-0.3, -0.25) is 0 Å². The van der Waals surface area contributed by atoms with Crippen LogP contribution < -0.4 is 5.73 Å². The minimum absolute atomic E-state index is 0. The fraction of sp³-hybridized carbons (Fsp3) is 0.538. The van der Waals surface area contributed by atoms with Gasteiger partial charge in [0.1, 0.15) is 0 Å². The molecule has 4 nitrogen and oxygen atoms in total. The summed E-state index contributed by atoms with van der Waals surface area (Å²) in [5, 5.41) is 0. The van der Waals surface area contributed by atoms with Crippen molar-refractivity contribution in [2.24, 2.45) is 5.73 Å². The maximum Gasteiger partial charge on any atom is 0.243 e. The molecule has 0 saturated carbocycles. The maximum absolute atomic E-state index is 12.5. The SMILES string of the molecule is CCc1cccc(S(=O)(=O)N2CCCC2CN)c1.Cl. The molecule has 1 aliphatic rings. The molecule has 0 amide bonds. The highest BCUT2D eigenvalue weighted by atomic mass is 35.5. The molecule has 1 saturated heterocycles. The molecule has 1 aliphatic heterocycles. The molecule has 1 aromatic carbocycles. The van der Waals surface area contributed by atoms with Gasteiger partial charge in [0.05, 0.1) is 4.90 Å². The molecule has 6 heteroatoms. The molecule has 0 radical (unpaired) electrons. The van der Waals surface area contributed by atoms with Crippen molar-refractivity contribution in [2.75, 3.05) is 13.1 Å². The molecule has 1 heterocycles. The lowest BCUT2D eigenvalue weighted by atomic mass is 10.2. The minimum atomic E-state index is -3.38. The molecule has 0 aliphatic carbocycles. The highest BCUT2D eigenvalue weighted by Crippen LogP contribution is 2.25. The van der Waals surface area contributed by atoms with E-state index in [1.54, 1.807) is 22.5 Å². The highest BCUT2D eigenvalue weighted by Gasteiger charge is 2.34. The van der Waals surface area contributed by atoms with E-state index in [1.807, 2.05) is 13.0 Å². The van der Waals surface area contributed by atoms with Crippen LogP contribution in [0.15, 0.2) is 29.2 Å². The third-order valence-electron chi connectivity index (χ3n) is 3.51. The average Bonchev–Trinajstić information content (AvgIpc) is 2.88. The largest absolute Gasteiger partial charge is 0.329 e. The summed E-state index contributed by atoms with van der Waals surface area (Å²) in [6, 6.07) is 7.14. The Labute approximate surface area is 121 Å². The number of hydrogen-bond acceptors (Lipinski definition) is 3. The molecule has 0 spiro atoms. The Kier molecular flexibility index (Phi) is 5.80. The van der Waals surface area contributed by atoms with E-state index in [4.69, 9.17) is 5.73 Å². The summed E-state index contributed by atoms with van der Waals surface area (Å²) in [5.41, 5.74) is 6.69. The van der Waals surface area contributed by atoms with Crippen molar-refractivity contribution in [3.63, 3.8) is 0 Å². The normalized spacial score (nSPS) is 20.2. The van der Waals surface area contributed by atoms with Gasteiger partial charge in [-0.05, 0) is 37.0 Å². The Bertz CT molecular complexity index is 519. The number of nitrogens with two attached hydrogens (primary N) is 1. The number of halogens is 1. The summed E-state index contributed by atoms with van der Waals surface area (Å²) in [6.45, 7) is 3.00. The predicted octanol–water partition coefficient (Wildman–Crippen LogP) is 1.78. The van der Waals surface area contributed by atoms with Gasteiger partial charge in [-0.2, -0.15) is 4.31 Å². The number of nitrogens with zero attached hydrogens (tertiary/aromatic N) is 1. The zero-order chi connectivity index (χ0) is 13.2. The lowest BCUT2D eigenvalue weighted by Gasteiger charge is -2.23. The first kappa shape index (κ1) is 16.4. The van der Waals surface area contributed by atoms with E-state index in [-0.39, 0.29) is 18.4 Å². The Morgan fingerprint density at radius 1 is 1.42 bits per heavy atom. The van der Waals surface area contributed by atoms with Crippen LogP contribution >= 0.6 is 12.4 Å². The van der Waals surface area contributed by atoms with E-state index in [9.17, 15) is 8.42 Å². The quantitative estimate of drug-likeness (QED) is 0.922. The number of rotatable bonds is 4. The number of aryl methyl sites for hydroxylation is 1. The van der Waals surface area contributed by atoms with E-state index < -0.39 is 10.0 Å². The highest BCUT2D eigenvalue weighted by molar-refractivity contribution is 7.89. The van der Waals surface area contributed by atoms with Gasteiger partial charge in [0, 0.05) is 19.1 Å². The molecule has 1 atom stereocenters. The van der Waals surface area contributed by atoms with Crippen molar-refractivity contribution in [3.05, 3.63) is 29.8 Å². The first-order chi connectivity index (χ1) is 8.59. The standard InChI is InChI=1S/C13H20N2O2S.ClH/c1-2-11-5-3-7-13(9-11)18(16,17)15-8-4-6-12(15)10-14;/h3,5,7,9,12H,2,4,6,8,10,14H2,1H3;1H. The van der Waals surface area contributed by atoms with Crippen LogP contribution in [0.4, 0.5) is 0 Å². The molecule has 19 heavy (non-hydrogen) atoms. The number of sulfonamides is 1. The Hall–Kier alpha value is -0.620. The van der Waals surface area contributed by atoms with Crippen LogP contribution in [0.1, 0.15) is 25.3 Å². The molecule has 0 bridgehead atoms. The summed E-state index contributed by atoms with van der Waals surface area (Å²) < 4.78 is 26.6. The second-order valence-electron chi connectivity index (χ2n) is 4.65. The van der Waals surface area contributed by atoms with Crippen LogP contribution in [0.3, 0.4) is 0 Å². The molecule has 0 aromatic heterocycles. The molecule has 1 fully saturated rings. The molecular formula is C13H21ClN2O2S. The van der Waals surface area contributed by atoms with Crippen LogP contribution in [0.5, 0.6) is 0 Å². The van der Waals surface area contributed by atoms with Crippen molar-refractivity contribution in [3.8, 4) is 0 Å².